The first-order valence-corrected chi connectivity index (χ1v) is 8.31. The van der Waals surface area contributed by atoms with E-state index in [0.29, 0.717) is 0 Å². The highest BCUT2D eigenvalue weighted by Gasteiger charge is 2.42. The van der Waals surface area contributed by atoms with E-state index in [9.17, 15) is 0 Å². The summed E-state index contributed by atoms with van der Waals surface area (Å²) in [4.78, 5) is 0. The minimum Gasteiger partial charge on any atom is -0.323 e. The average molecular weight is 294 g/mol. The van der Waals surface area contributed by atoms with Crippen molar-refractivity contribution >= 4 is 0 Å². The maximum absolute atomic E-state index is 6.81. The Kier molecular flexibility index (Phi) is 4.60. The summed E-state index contributed by atoms with van der Waals surface area (Å²) in [6.07, 6.45) is 4.91. The number of hydrogen-bond donors (Lipinski definition) is 2. The molecule has 2 aromatic rings. The lowest BCUT2D eigenvalue weighted by atomic mass is 9.69. The normalized spacial score (nSPS) is 18.3. The first-order chi connectivity index (χ1) is 10.8. The van der Waals surface area contributed by atoms with Crippen molar-refractivity contribution in [2.45, 2.75) is 43.7 Å². The van der Waals surface area contributed by atoms with E-state index in [2.05, 4.69) is 59.9 Å². The lowest BCUT2D eigenvalue weighted by Crippen LogP contribution is -2.37. The van der Waals surface area contributed by atoms with Crippen molar-refractivity contribution in [1.82, 2.24) is 5.32 Å². The summed E-state index contributed by atoms with van der Waals surface area (Å²) in [5.74, 6) is 0. The molecule has 3 N–H and O–H groups in total. The van der Waals surface area contributed by atoms with Crippen LogP contribution in [0.5, 0.6) is 0 Å². The van der Waals surface area contributed by atoms with Gasteiger partial charge in [0, 0.05) is 18.0 Å². The molecule has 1 fully saturated rings. The molecule has 1 saturated carbocycles. The van der Waals surface area contributed by atoms with Crippen molar-refractivity contribution in [1.29, 1.82) is 0 Å². The van der Waals surface area contributed by atoms with E-state index in [0.717, 1.165) is 6.54 Å². The van der Waals surface area contributed by atoms with Crippen LogP contribution >= 0.6 is 0 Å². The molecule has 22 heavy (non-hydrogen) atoms. The quantitative estimate of drug-likeness (QED) is 0.877. The largest absolute Gasteiger partial charge is 0.323 e. The molecule has 2 heteroatoms. The van der Waals surface area contributed by atoms with Crippen molar-refractivity contribution in [3.05, 3.63) is 71.3 Å². The number of benzene rings is 2. The molecular weight excluding hydrogens is 268 g/mol. The maximum atomic E-state index is 6.81. The van der Waals surface area contributed by atoms with Gasteiger partial charge < -0.3 is 11.1 Å². The first-order valence-electron chi connectivity index (χ1n) is 8.31. The molecule has 0 bridgehead atoms. The van der Waals surface area contributed by atoms with Gasteiger partial charge in [-0.3, -0.25) is 0 Å². The van der Waals surface area contributed by atoms with Crippen molar-refractivity contribution in [3.63, 3.8) is 0 Å². The van der Waals surface area contributed by atoms with Gasteiger partial charge in [0.15, 0.2) is 0 Å². The van der Waals surface area contributed by atoms with Crippen molar-refractivity contribution in [2.24, 2.45) is 5.73 Å². The summed E-state index contributed by atoms with van der Waals surface area (Å²) in [6, 6.07) is 19.5. The van der Waals surface area contributed by atoms with Crippen molar-refractivity contribution in [3.8, 4) is 0 Å². The standard InChI is InChI=1S/C20H26N2/c1-22-15-17-11-5-6-12-18(17)20(13-7-8-14-20)19(21)16-9-3-2-4-10-16/h2-6,9-12,19,22H,7-8,13-15,21H2,1H3. The minimum absolute atomic E-state index is 0.0641. The van der Waals surface area contributed by atoms with Crippen molar-refractivity contribution in [2.75, 3.05) is 7.05 Å². The molecule has 0 heterocycles. The summed E-state index contributed by atoms with van der Waals surface area (Å²) in [5.41, 5.74) is 11.0. The molecule has 0 spiro atoms. The molecule has 0 aliphatic heterocycles. The van der Waals surface area contributed by atoms with Crippen LogP contribution in [-0.4, -0.2) is 7.05 Å². The zero-order valence-corrected chi connectivity index (χ0v) is 13.4. The van der Waals surface area contributed by atoms with Crippen LogP contribution in [0, 0.1) is 0 Å². The Balaban J connectivity index is 2.06. The van der Waals surface area contributed by atoms with Crippen LogP contribution in [0.2, 0.25) is 0 Å². The van der Waals surface area contributed by atoms with Gasteiger partial charge in [-0.15, -0.1) is 0 Å². The van der Waals surface area contributed by atoms with E-state index in [1.54, 1.807) is 0 Å². The second kappa shape index (κ2) is 6.64. The van der Waals surface area contributed by atoms with E-state index in [1.807, 2.05) is 7.05 Å². The van der Waals surface area contributed by atoms with E-state index >= 15 is 0 Å². The van der Waals surface area contributed by atoms with E-state index in [-0.39, 0.29) is 11.5 Å². The lowest BCUT2D eigenvalue weighted by Gasteiger charge is -2.38. The third kappa shape index (κ3) is 2.69. The van der Waals surface area contributed by atoms with Crippen molar-refractivity contribution < 1.29 is 0 Å². The second-order valence-corrected chi connectivity index (χ2v) is 6.44. The zero-order chi connectivity index (χ0) is 15.4. The fourth-order valence-corrected chi connectivity index (χ4v) is 4.08. The second-order valence-electron chi connectivity index (χ2n) is 6.44. The fraction of sp³-hybridized carbons (Fsp3) is 0.400. The van der Waals surface area contributed by atoms with Crippen LogP contribution in [0.4, 0.5) is 0 Å². The van der Waals surface area contributed by atoms with Crippen LogP contribution in [0.1, 0.15) is 48.4 Å². The summed E-state index contributed by atoms with van der Waals surface area (Å²) in [6.45, 7) is 0.902. The summed E-state index contributed by atoms with van der Waals surface area (Å²) < 4.78 is 0. The molecule has 2 aromatic carbocycles. The van der Waals surface area contributed by atoms with E-state index < -0.39 is 0 Å². The molecule has 0 aromatic heterocycles. The summed E-state index contributed by atoms with van der Waals surface area (Å²) in [7, 11) is 2.01. The van der Waals surface area contributed by atoms with Gasteiger partial charge in [-0.05, 0) is 36.6 Å². The van der Waals surface area contributed by atoms with Gasteiger partial charge in [0.25, 0.3) is 0 Å². The molecular formula is C20H26N2. The van der Waals surface area contributed by atoms with E-state index in [4.69, 9.17) is 5.73 Å². The zero-order valence-electron chi connectivity index (χ0n) is 13.4. The molecule has 1 aliphatic carbocycles. The summed E-state index contributed by atoms with van der Waals surface area (Å²) >= 11 is 0. The van der Waals surface area contributed by atoms with Gasteiger partial charge in [0.05, 0.1) is 0 Å². The van der Waals surface area contributed by atoms with Crippen LogP contribution in [-0.2, 0) is 12.0 Å². The topological polar surface area (TPSA) is 38.0 Å². The Labute approximate surface area is 133 Å². The highest BCUT2D eigenvalue weighted by atomic mass is 14.8. The minimum atomic E-state index is 0.0641. The first kappa shape index (κ1) is 15.3. The SMILES string of the molecule is CNCc1ccccc1C1(C(N)c2ccccc2)CCCC1. The Morgan fingerprint density at radius 3 is 2.32 bits per heavy atom. The number of nitrogens with two attached hydrogens (primary N) is 1. The molecule has 116 valence electrons. The van der Waals surface area contributed by atoms with Crippen LogP contribution in [0.25, 0.3) is 0 Å². The monoisotopic (exact) mass is 294 g/mol. The third-order valence-electron chi connectivity index (χ3n) is 5.17. The molecule has 1 atom stereocenters. The van der Waals surface area contributed by atoms with Crippen LogP contribution in [0.15, 0.2) is 54.6 Å². The highest BCUT2D eigenvalue weighted by Crippen LogP contribution is 2.49. The predicted molar refractivity (Wildman–Crippen MR) is 92.7 cm³/mol. The maximum Gasteiger partial charge on any atom is 0.0393 e. The molecule has 0 amide bonds. The predicted octanol–water partition coefficient (Wildman–Crippen LogP) is 3.92. The van der Waals surface area contributed by atoms with Gasteiger partial charge in [-0.2, -0.15) is 0 Å². The van der Waals surface area contributed by atoms with Crippen LogP contribution in [0.3, 0.4) is 0 Å². The van der Waals surface area contributed by atoms with Gasteiger partial charge in [-0.25, -0.2) is 0 Å². The lowest BCUT2D eigenvalue weighted by molar-refractivity contribution is 0.353. The Hall–Kier alpha value is -1.64. The number of hydrogen-bond acceptors (Lipinski definition) is 2. The van der Waals surface area contributed by atoms with Gasteiger partial charge in [-0.1, -0.05) is 67.4 Å². The Bertz CT molecular complexity index is 600. The number of nitrogens with one attached hydrogen (secondary N) is 1. The molecule has 3 rings (SSSR count). The Morgan fingerprint density at radius 1 is 1.00 bits per heavy atom. The van der Waals surface area contributed by atoms with E-state index in [1.165, 1.54) is 42.4 Å². The third-order valence-corrected chi connectivity index (χ3v) is 5.17. The highest BCUT2D eigenvalue weighted by molar-refractivity contribution is 5.39. The molecule has 0 saturated heterocycles. The molecule has 2 nitrogen and oxygen atoms in total. The average Bonchev–Trinajstić information content (AvgIpc) is 3.06. The Morgan fingerprint density at radius 2 is 1.64 bits per heavy atom. The summed E-state index contributed by atoms with van der Waals surface area (Å²) in [5, 5.41) is 3.30. The molecule has 1 aliphatic rings. The smallest absolute Gasteiger partial charge is 0.0393 e. The van der Waals surface area contributed by atoms with Crippen LogP contribution < -0.4 is 11.1 Å². The van der Waals surface area contributed by atoms with Gasteiger partial charge >= 0.3 is 0 Å². The number of rotatable bonds is 5. The van der Waals surface area contributed by atoms with Gasteiger partial charge in [0.2, 0.25) is 0 Å². The fourth-order valence-electron chi connectivity index (χ4n) is 4.08. The molecule has 1 unspecified atom stereocenters. The van der Waals surface area contributed by atoms with Gasteiger partial charge in [0.1, 0.15) is 0 Å². The molecule has 0 radical (unpaired) electrons.